The maximum Gasteiger partial charge on any atom is 0.412 e. The predicted octanol–water partition coefficient (Wildman–Crippen LogP) is 9.24. The van der Waals surface area contributed by atoms with Gasteiger partial charge in [-0.3, -0.25) is 4.79 Å². The van der Waals surface area contributed by atoms with Crippen molar-refractivity contribution in [3.8, 4) is 11.5 Å². The molecule has 0 radical (unpaired) electrons. The molecule has 360 valence electrons. The summed E-state index contributed by atoms with van der Waals surface area (Å²) < 4.78 is 50.7. The molecule has 2 aromatic carbocycles. The molecule has 2 aliphatic carbocycles. The SMILES string of the molecule is C=CCOC12Oc3ccc(OC(=O)NCCCCCCCCCCCC)cc3C3C(CCCCO)C(CCCCO)C=C(C(=NOC)CC1N(C)S(=O)(=O)c1ccc(NC(C)=O)cc1)C32. The van der Waals surface area contributed by atoms with Gasteiger partial charge in [-0.1, -0.05) is 94.9 Å². The molecule has 4 N–H and O–H groups in total. The predicted molar refractivity (Wildman–Crippen MR) is 254 cm³/mol. The van der Waals surface area contributed by atoms with E-state index < -0.39 is 33.9 Å². The number of fused-ring (bicyclic) bond motifs is 2. The fourth-order valence-electron chi connectivity index (χ4n) is 10.1. The van der Waals surface area contributed by atoms with Crippen LogP contribution in [0, 0.1) is 17.8 Å². The maximum absolute atomic E-state index is 14.7. The lowest BCUT2D eigenvalue weighted by atomic mass is 9.55. The average Bonchev–Trinajstić information content (AvgIpc) is 3.29. The van der Waals surface area contributed by atoms with Crippen LogP contribution in [0.4, 0.5) is 10.5 Å². The van der Waals surface area contributed by atoms with Crippen LogP contribution < -0.4 is 20.1 Å². The first-order valence-corrected chi connectivity index (χ1v) is 25.3. The van der Waals surface area contributed by atoms with E-state index in [1.165, 1.54) is 82.5 Å². The monoisotopic (exact) mass is 923 g/mol. The topological polar surface area (TPSA) is 185 Å². The van der Waals surface area contributed by atoms with Gasteiger partial charge in [0.1, 0.15) is 18.6 Å². The standard InChI is InChI=1S/C50H74N4O10S/c1-6-8-9-10-11-12-13-14-15-18-29-51-49(58)63-39-25-28-45-43(34-39)47-41(22-17-20-31-56)37(21-16-19-30-55)33-42-44(53-61-5)35-46(50(64-45,48(42)47)62-32-7-2)54(4)65(59,60)40-26-23-38(24-27-40)52-36(3)57/h7,23-28,33-34,37,41,46-48,55-56H,2,6,8-22,29-32,35H2,1,3-5H3,(H,51,58)(H,52,57). The number of anilines is 1. The number of aliphatic hydroxyl groups is 2. The van der Waals surface area contributed by atoms with Crippen molar-refractivity contribution in [3.05, 3.63) is 72.3 Å². The summed E-state index contributed by atoms with van der Waals surface area (Å²) in [4.78, 5) is 30.5. The van der Waals surface area contributed by atoms with Gasteiger partial charge in [-0.15, -0.1) is 6.58 Å². The number of nitrogens with zero attached hydrogens (tertiary/aromatic N) is 2. The number of oxime groups is 1. The Kier molecular flexibility index (Phi) is 20.3. The molecule has 5 rings (SSSR count). The minimum Gasteiger partial charge on any atom is -0.460 e. The summed E-state index contributed by atoms with van der Waals surface area (Å²) >= 11 is 0. The molecule has 0 bridgehead atoms. The first kappa shape index (κ1) is 51.7. The van der Waals surface area contributed by atoms with Gasteiger partial charge in [0.2, 0.25) is 21.7 Å². The Bertz CT molecular complexity index is 2030. The Labute approximate surface area is 387 Å². The first-order valence-electron chi connectivity index (χ1n) is 23.9. The normalized spacial score (nSPS) is 22.9. The first-order chi connectivity index (χ1) is 31.4. The van der Waals surface area contributed by atoms with Crippen LogP contribution in [0.2, 0.25) is 0 Å². The van der Waals surface area contributed by atoms with Crippen LogP contribution in [0.1, 0.15) is 134 Å². The number of rotatable bonds is 28. The Hall–Kier alpha value is -4.28. The van der Waals surface area contributed by atoms with Crippen LogP contribution in [0.3, 0.4) is 0 Å². The Morgan fingerprint density at radius 1 is 0.938 bits per heavy atom. The number of hydrogen-bond acceptors (Lipinski definition) is 11. The number of likely N-dealkylation sites (N-methyl/N-ethyl adjacent to an activating group) is 1. The zero-order chi connectivity index (χ0) is 46.8. The van der Waals surface area contributed by atoms with Crippen molar-refractivity contribution in [2.24, 2.45) is 22.9 Å². The van der Waals surface area contributed by atoms with Gasteiger partial charge in [-0.2, -0.15) is 4.31 Å². The zero-order valence-electron chi connectivity index (χ0n) is 39.1. The fourth-order valence-corrected chi connectivity index (χ4v) is 11.4. The third-order valence-electron chi connectivity index (χ3n) is 13.1. The second kappa shape index (κ2) is 25.6. The van der Waals surface area contributed by atoms with Gasteiger partial charge in [0.05, 0.1) is 29.2 Å². The van der Waals surface area contributed by atoms with Gasteiger partial charge in [0, 0.05) is 57.3 Å². The minimum atomic E-state index is -4.23. The highest BCUT2D eigenvalue weighted by Crippen LogP contribution is 2.62. The zero-order valence-corrected chi connectivity index (χ0v) is 39.9. The Morgan fingerprint density at radius 3 is 2.23 bits per heavy atom. The van der Waals surface area contributed by atoms with Crippen LogP contribution in [-0.4, -0.2) is 93.0 Å². The lowest BCUT2D eigenvalue weighted by Gasteiger charge is -2.59. The van der Waals surface area contributed by atoms with Crippen LogP contribution in [0.5, 0.6) is 11.5 Å². The molecular weight excluding hydrogens is 849 g/mol. The number of ether oxygens (including phenoxy) is 3. The molecule has 1 heterocycles. The highest BCUT2D eigenvalue weighted by Gasteiger charge is 2.65. The van der Waals surface area contributed by atoms with Crippen molar-refractivity contribution in [2.45, 2.75) is 146 Å². The number of carbonyl (C=O) groups excluding carboxylic acids is 2. The smallest absolute Gasteiger partial charge is 0.412 e. The molecule has 1 fully saturated rings. The molecule has 3 aliphatic rings. The molecular formula is C50H74N4O10S. The number of aliphatic hydroxyl groups excluding tert-OH is 2. The van der Waals surface area contributed by atoms with Gasteiger partial charge < -0.3 is 39.9 Å². The average molecular weight is 923 g/mol. The fraction of sp³-hybridized carbons (Fsp3) is 0.620. The largest absolute Gasteiger partial charge is 0.460 e. The molecule has 65 heavy (non-hydrogen) atoms. The summed E-state index contributed by atoms with van der Waals surface area (Å²) in [7, 11) is -1.26. The summed E-state index contributed by atoms with van der Waals surface area (Å²) in [5.41, 5.74) is 2.62. The third kappa shape index (κ3) is 13.2. The van der Waals surface area contributed by atoms with Gasteiger partial charge in [0.15, 0.2) is 0 Å². The van der Waals surface area contributed by atoms with Crippen molar-refractivity contribution in [1.29, 1.82) is 0 Å². The number of sulfonamides is 1. The molecule has 1 aliphatic heterocycles. The highest BCUT2D eigenvalue weighted by molar-refractivity contribution is 7.89. The van der Waals surface area contributed by atoms with Crippen LogP contribution in [0.15, 0.2) is 76.8 Å². The van der Waals surface area contributed by atoms with Crippen LogP contribution in [0.25, 0.3) is 0 Å². The molecule has 0 saturated heterocycles. The van der Waals surface area contributed by atoms with Gasteiger partial charge in [-0.25, -0.2) is 13.2 Å². The van der Waals surface area contributed by atoms with E-state index in [4.69, 9.17) is 19.0 Å². The molecule has 2 amide bonds. The number of carbonyl (C=O) groups is 2. The summed E-state index contributed by atoms with van der Waals surface area (Å²) in [5.74, 6) is -2.13. The molecule has 6 unspecified atom stereocenters. The van der Waals surface area contributed by atoms with Gasteiger partial charge in [0.25, 0.3) is 0 Å². The number of allylic oxidation sites excluding steroid dienone is 1. The van der Waals surface area contributed by atoms with Crippen molar-refractivity contribution in [2.75, 3.05) is 45.8 Å². The Morgan fingerprint density at radius 2 is 1.60 bits per heavy atom. The second-order valence-corrected chi connectivity index (χ2v) is 19.7. The number of unbranched alkanes of at least 4 members (excludes halogenated alkanes) is 11. The Balaban J connectivity index is 1.53. The van der Waals surface area contributed by atoms with Crippen LogP contribution >= 0.6 is 0 Å². The summed E-state index contributed by atoms with van der Waals surface area (Å²) in [6.07, 6.45) is 19.5. The number of amides is 2. The van der Waals surface area contributed by atoms with Gasteiger partial charge in [-0.05, 0) is 92.0 Å². The summed E-state index contributed by atoms with van der Waals surface area (Å²) in [5, 5.41) is 29.9. The van der Waals surface area contributed by atoms with E-state index in [2.05, 4.69) is 35.4 Å². The third-order valence-corrected chi connectivity index (χ3v) is 15.0. The van der Waals surface area contributed by atoms with E-state index in [0.29, 0.717) is 48.7 Å². The summed E-state index contributed by atoms with van der Waals surface area (Å²) in [6, 6.07) is 10.3. The molecule has 0 aromatic heterocycles. The van der Waals surface area contributed by atoms with E-state index in [9.17, 15) is 28.2 Å². The second-order valence-electron chi connectivity index (χ2n) is 17.7. The van der Waals surface area contributed by atoms with E-state index in [1.54, 1.807) is 30.3 Å². The van der Waals surface area contributed by atoms with E-state index >= 15 is 0 Å². The van der Waals surface area contributed by atoms with Crippen molar-refractivity contribution in [1.82, 2.24) is 9.62 Å². The van der Waals surface area contributed by atoms with Crippen molar-refractivity contribution >= 4 is 33.4 Å². The molecule has 14 nitrogen and oxygen atoms in total. The highest BCUT2D eigenvalue weighted by atomic mass is 32.2. The van der Waals surface area contributed by atoms with Crippen molar-refractivity contribution in [3.63, 3.8) is 0 Å². The number of benzene rings is 2. The minimum absolute atomic E-state index is 0.00401. The van der Waals surface area contributed by atoms with E-state index in [1.807, 2.05) is 6.07 Å². The van der Waals surface area contributed by atoms with E-state index in [-0.39, 0.29) is 54.8 Å². The lowest BCUT2D eigenvalue weighted by molar-refractivity contribution is -0.250. The molecule has 6 atom stereocenters. The van der Waals surface area contributed by atoms with Crippen molar-refractivity contribution < 1.29 is 47.3 Å². The molecule has 15 heteroatoms. The van der Waals surface area contributed by atoms with Crippen LogP contribution in [-0.2, 0) is 24.4 Å². The maximum atomic E-state index is 14.7. The number of nitrogens with one attached hydrogen (secondary N) is 2. The number of hydrogen-bond donors (Lipinski definition) is 4. The quantitative estimate of drug-likeness (QED) is 0.0364. The summed E-state index contributed by atoms with van der Waals surface area (Å²) in [6.45, 7) is 8.21. The van der Waals surface area contributed by atoms with E-state index in [0.717, 1.165) is 49.7 Å². The lowest BCUT2D eigenvalue weighted by Crippen LogP contribution is -2.69. The molecule has 0 spiro atoms. The van der Waals surface area contributed by atoms with Gasteiger partial charge >= 0.3 is 6.09 Å². The molecule has 1 saturated carbocycles. The molecule has 2 aromatic rings.